The second kappa shape index (κ2) is 6.97. The van der Waals surface area contributed by atoms with Gasteiger partial charge in [0.25, 0.3) is 5.89 Å². The Morgan fingerprint density at radius 1 is 1.26 bits per heavy atom. The van der Waals surface area contributed by atoms with E-state index < -0.39 is 0 Å². The van der Waals surface area contributed by atoms with E-state index in [1.165, 1.54) is 11.3 Å². The van der Waals surface area contributed by atoms with Crippen LogP contribution in [0.1, 0.15) is 12.7 Å². The van der Waals surface area contributed by atoms with Crippen molar-refractivity contribution in [1.29, 1.82) is 0 Å². The highest BCUT2D eigenvalue weighted by atomic mass is 35.5. The lowest BCUT2D eigenvalue weighted by Crippen LogP contribution is -2.24. The van der Waals surface area contributed by atoms with Crippen LogP contribution in [0.25, 0.3) is 22.2 Å². The molecule has 0 spiro atoms. The van der Waals surface area contributed by atoms with Gasteiger partial charge in [0.15, 0.2) is 5.82 Å². The van der Waals surface area contributed by atoms with E-state index in [1.807, 2.05) is 18.5 Å². The molecule has 0 aliphatic heterocycles. The molecule has 0 saturated carbocycles. The first-order valence-electron chi connectivity index (χ1n) is 6.98. The predicted octanol–water partition coefficient (Wildman–Crippen LogP) is 4.32. The number of hydrogen-bond donors (Lipinski definition) is 1. The summed E-state index contributed by atoms with van der Waals surface area (Å²) in [5.74, 6) is 1.08. The number of halogens is 2. The number of likely N-dealkylation sites (N-methyl/N-ethyl adjacent to an activating group) is 1. The van der Waals surface area contributed by atoms with Gasteiger partial charge in [-0.25, -0.2) is 4.98 Å². The second-order valence-corrected chi connectivity index (χ2v) is 6.75. The molecule has 1 unspecified atom stereocenters. The molecule has 0 bridgehead atoms. The van der Waals surface area contributed by atoms with Gasteiger partial charge in [0.05, 0.1) is 10.0 Å². The molecule has 2 heterocycles. The summed E-state index contributed by atoms with van der Waals surface area (Å²) in [6.07, 6.45) is 0.698. The van der Waals surface area contributed by atoms with Crippen LogP contribution < -0.4 is 5.32 Å². The molecule has 2 aromatic heterocycles. The molecule has 0 aliphatic carbocycles. The lowest BCUT2D eigenvalue weighted by Gasteiger charge is -2.04. The largest absolute Gasteiger partial charge is 0.332 e. The van der Waals surface area contributed by atoms with Crippen molar-refractivity contribution in [3.63, 3.8) is 0 Å². The standard InChI is InChI=1S/C15H14Cl2N4OS/c1-8(18-2)5-13-20-14(22-21-13)12-7-23-15(19-12)9-3-4-10(16)11(17)6-9/h3-4,6-8,18H,5H2,1-2H3. The van der Waals surface area contributed by atoms with Crippen molar-refractivity contribution < 1.29 is 4.52 Å². The monoisotopic (exact) mass is 368 g/mol. The smallest absolute Gasteiger partial charge is 0.277 e. The molecule has 3 rings (SSSR count). The van der Waals surface area contributed by atoms with Crippen molar-refractivity contribution in [2.24, 2.45) is 0 Å². The molecule has 120 valence electrons. The minimum Gasteiger partial charge on any atom is -0.332 e. The Hall–Kier alpha value is -1.47. The summed E-state index contributed by atoms with van der Waals surface area (Å²) in [5.41, 5.74) is 1.56. The highest BCUT2D eigenvalue weighted by Gasteiger charge is 2.15. The van der Waals surface area contributed by atoms with E-state index in [2.05, 4.69) is 27.4 Å². The third-order valence-corrected chi connectivity index (χ3v) is 4.97. The molecule has 3 aromatic rings. The number of nitrogens with one attached hydrogen (secondary N) is 1. The van der Waals surface area contributed by atoms with E-state index in [0.29, 0.717) is 33.9 Å². The summed E-state index contributed by atoms with van der Waals surface area (Å²) < 4.78 is 5.30. The van der Waals surface area contributed by atoms with Gasteiger partial charge in [-0.05, 0) is 26.1 Å². The lowest BCUT2D eigenvalue weighted by molar-refractivity contribution is 0.417. The Kier molecular flexibility index (Phi) is 4.96. The summed E-state index contributed by atoms with van der Waals surface area (Å²) in [7, 11) is 1.90. The van der Waals surface area contributed by atoms with Gasteiger partial charge in [0.1, 0.15) is 10.7 Å². The van der Waals surface area contributed by atoms with Gasteiger partial charge in [-0.15, -0.1) is 11.3 Å². The highest BCUT2D eigenvalue weighted by molar-refractivity contribution is 7.13. The maximum absolute atomic E-state index is 6.05. The van der Waals surface area contributed by atoms with Crippen LogP contribution in [0.15, 0.2) is 28.1 Å². The molecule has 0 radical (unpaired) electrons. The molecule has 1 aromatic carbocycles. The number of hydrogen-bond acceptors (Lipinski definition) is 6. The topological polar surface area (TPSA) is 63.8 Å². The van der Waals surface area contributed by atoms with Crippen molar-refractivity contribution >= 4 is 34.5 Å². The van der Waals surface area contributed by atoms with Crippen molar-refractivity contribution in [3.05, 3.63) is 39.4 Å². The van der Waals surface area contributed by atoms with Crippen molar-refractivity contribution in [3.8, 4) is 22.2 Å². The van der Waals surface area contributed by atoms with Crippen LogP contribution in [0.3, 0.4) is 0 Å². The number of nitrogens with zero attached hydrogens (tertiary/aromatic N) is 3. The highest BCUT2D eigenvalue weighted by Crippen LogP contribution is 2.32. The number of aromatic nitrogens is 3. The van der Waals surface area contributed by atoms with Crippen LogP contribution in [-0.4, -0.2) is 28.2 Å². The molecule has 1 atom stereocenters. The zero-order valence-electron chi connectivity index (χ0n) is 12.5. The van der Waals surface area contributed by atoms with Crippen LogP contribution in [-0.2, 0) is 6.42 Å². The van der Waals surface area contributed by atoms with Crippen LogP contribution >= 0.6 is 34.5 Å². The molecule has 0 aliphatic rings. The Balaban J connectivity index is 1.83. The first-order chi connectivity index (χ1) is 11.1. The van der Waals surface area contributed by atoms with E-state index in [0.717, 1.165) is 10.6 Å². The second-order valence-electron chi connectivity index (χ2n) is 5.08. The van der Waals surface area contributed by atoms with E-state index in [4.69, 9.17) is 27.7 Å². The Labute approximate surface area is 147 Å². The first kappa shape index (κ1) is 16.4. The normalized spacial score (nSPS) is 12.5. The Morgan fingerprint density at radius 2 is 2.09 bits per heavy atom. The molecule has 5 nitrogen and oxygen atoms in total. The van der Waals surface area contributed by atoms with Crippen LogP contribution in [0.2, 0.25) is 10.0 Å². The number of benzene rings is 1. The van der Waals surface area contributed by atoms with Gasteiger partial charge in [-0.3, -0.25) is 0 Å². The Bertz CT molecular complexity index is 817. The number of rotatable bonds is 5. The molecular weight excluding hydrogens is 355 g/mol. The first-order valence-corrected chi connectivity index (χ1v) is 8.61. The average Bonchev–Trinajstić information content (AvgIpc) is 3.19. The summed E-state index contributed by atoms with van der Waals surface area (Å²) in [4.78, 5) is 8.93. The average molecular weight is 369 g/mol. The summed E-state index contributed by atoms with van der Waals surface area (Å²) in [5, 5.41) is 10.9. The minimum absolute atomic E-state index is 0.280. The minimum atomic E-state index is 0.280. The molecule has 0 fully saturated rings. The third kappa shape index (κ3) is 3.72. The maximum atomic E-state index is 6.05. The SMILES string of the molecule is CNC(C)Cc1noc(-c2csc(-c3ccc(Cl)c(Cl)c3)n2)n1. The lowest BCUT2D eigenvalue weighted by atomic mass is 10.2. The van der Waals surface area contributed by atoms with Gasteiger partial charge >= 0.3 is 0 Å². The third-order valence-electron chi connectivity index (χ3n) is 3.34. The molecule has 8 heteroatoms. The van der Waals surface area contributed by atoms with Crippen molar-refractivity contribution in [1.82, 2.24) is 20.4 Å². The fourth-order valence-electron chi connectivity index (χ4n) is 1.95. The summed E-state index contributed by atoms with van der Waals surface area (Å²) in [6.45, 7) is 2.06. The van der Waals surface area contributed by atoms with Gasteiger partial charge in [-0.2, -0.15) is 4.98 Å². The maximum Gasteiger partial charge on any atom is 0.277 e. The zero-order valence-corrected chi connectivity index (χ0v) is 14.8. The van der Waals surface area contributed by atoms with Gasteiger partial charge in [-0.1, -0.05) is 34.4 Å². The Morgan fingerprint density at radius 3 is 2.83 bits per heavy atom. The predicted molar refractivity (Wildman–Crippen MR) is 93.1 cm³/mol. The molecule has 23 heavy (non-hydrogen) atoms. The fraction of sp³-hybridized carbons (Fsp3) is 0.267. The fourth-order valence-corrected chi connectivity index (χ4v) is 3.04. The summed E-state index contributed by atoms with van der Waals surface area (Å²) in [6, 6.07) is 5.71. The van der Waals surface area contributed by atoms with E-state index in [-0.39, 0.29) is 6.04 Å². The van der Waals surface area contributed by atoms with Gasteiger partial charge in [0, 0.05) is 23.4 Å². The van der Waals surface area contributed by atoms with E-state index in [9.17, 15) is 0 Å². The van der Waals surface area contributed by atoms with Gasteiger partial charge < -0.3 is 9.84 Å². The van der Waals surface area contributed by atoms with Crippen LogP contribution in [0.4, 0.5) is 0 Å². The molecular formula is C15H14Cl2N4OS. The zero-order chi connectivity index (χ0) is 16.4. The molecule has 0 saturated heterocycles. The van der Waals surface area contributed by atoms with Crippen molar-refractivity contribution in [2.75, 3.05) is 7.05 Å². The molecule has 0 amide bonds. The van der Waals surface area contributed by atoms with Gasteiger partial charge in [0.2, 0.25) is 0 Å². The number of thiazole rings is 1. The van der Waals surface area contributed by atoms with E-state index >= 15 is 0 Å². The summed E-state index contributed by atoms with van der Waals surface area (Å²) >= 11 is 13.5. The van der Waals surface area contributed by atoms with Crippen molar-refractivity contribution in [2.45, 2.75) is 19.4 Å². The molecule has 1 N–H and O–H groups in total. The quantitative estimate of drug-likeness (QED) is 0.726. The van der Waals surface area contributed by atoms with Crippen LogP contribution in [0.5, 0.6) is 0 Å². The van der Waals surface area contributed by atoms with Crippen LogP contribution in [0, 0.1) is 0 Å². The van der Waals surface area contributed by atoms with E-state index in [1.54, 1.807) is 12.1 Å².